The average molecular weight is 240 g/mol. The molecule has 1 aromatic carbocycles. The van der Waals surface area contributed by atoms with Gasteiger partial charge in [-0.25, -0.2) is 0 Å². The molecule has 0 aliphatic heterocycles. The molecule has 0 bridgehead atoms. The van der Waals surface area contributed by atoms with Crippen molar-refractivity contribution >= 4 is 33.7 Å². The summed E-state index contributed by atoms with van der Waals surface area (Å²) in [6.07, 6.45) is 0. The number of rotatable bonds is 1. The van der Waals surface area contributed by atoms with Gasteiger partial charge in [0, 0.05) is 4.90 Å². The maximum absolute atomic E-state index is 10.6. The SMILES string of the molecule is O=S([O-])c1ccc2onc(Cl)c2c1.[Na+]. The van der Waals surface area contributed by atoms with E-state index in [0.717, 1.165) is 0 Å². The molecule has 0 spiro atoms. The van der Waals surface area contributed by atoms with E-state index in [9.17, 15) is 8.76 Å². The fourth-order valence-corrected chi connectivity index (χ4v) is 1.57. The summed E-state index contributed by atoms with van der Waals surface area (Å²) in [7, 11) is 0. The van der Waals surface area contributed by atoms with Crippen LogP contribution in [0.1, 0.15) is 0 Å². The molecular formula is C7H3ClNNaO3S. The number of halogens is 1. The molecule has 0 saturated carbocycles. The second-order valence-corrected chi connectivity index (χ2v) is 3.66. The Morgan fingerprint density at radius 2 is 2.21 bits per heavy atom. The van der Waals surface area contributed by atoms with Crippen molar-refractivity contribution in [1.82, 2.24) is 5.16 Å². The third-order valence-corrected chi connectivity index (χ3v) is 2.50. The first-order chi connectivity index (χ1) is 6.18. The predicted molar refractivity (Wildman–Crippen MR) is 46.2 cm³/mol. The van der Waals surface area contributed by atoms with Crippen molar-refractivity contribution in [3.05, 3.63) is 23.4 Å². The van der Waals surface area contributed by atoms with Gasteiger partial charge in [-0.3, -0.25) is 4.21 Å². The monoisotopic (exact) mass is 239 g/mol. The summed E-state index contributed by atoms with van der Waals surface area (Å²) in [6, 6.07) is 4.35. The van der Waals surface area contributed by atoms with Crippen LogP contribution < -0.4 is 29.6 Å². The molecule has 0 fully saturated rings. The summed E-state index contributed by atoms with van der Waals surface area (Å²) in [5, 5.41) is 4.16. The molecule has 14 heavy (non-hydrogen) atoms. The minimum absolute atomic E-state index is 0. The van der Waals surface area contributed by atoms with E-state index in [0.29, 0.717) is 11.0 Å². The molecule has 1 heterocycles. The van der Waals surface area contributed by atoms with E-state index in [1.807, 2.05) is 0 Å². The predicted octanol–water partition coefficient (Wildman–Crippen LogP) is -1.28. The maximum Gasteiger partial charge on any atom is 1.00 e. The average Bonchev–Trinajstić information content (AvgIpc) is 2.47. The molecule has 68 valence electrons. The quantitative estimate of drug-likeness (QED) is 0.459. The molecule has 1 unspecified atom stereocenters. The van der Waals surface area contributed by atoms with E-state index in [1.54, 1.807) is 0 Å². The first-order valence-corrected chi connectivity index (χ1v) is 4.78. The molecule has 0 aliphatic rings. The summed E-state index contributed by atoms with van der Waals surface area (Å²) >= 11 is 3.39. The van der Waals surface area contributed by atoms with Crippen molar-refractivity contribution in [2.75, 3.05) is 0 Å². The van der Waals surface area contributed by atoms with Gasteiger partial charge in [0.2, 0.25) is 0 Å². The summed E-state index contributed by atoms with van der Waals surface area (Å²) in [5.74, 6) is 0. The number of hydrogen-bond donors (Lipinski definition) is 0. The van der Waals surface area contributed by atoms with E-state index < -0.39 is 11.1 Å². The molecule has 1 atom stereocenters. The van der Waals surface area contributed by atoms with Gasteiger partial charge >= 0.3 is 29.6 Å². The summed E-state index contributed by atoms with van der Waals surface area (Å²) in [6.45, 7) is 0. The van der Waals surface area contributed by atoms with E-state index in [4.69, 9.17) is 16.1 Å². The normalized spacial score (nSPS) is 12.4. The molecule has 4 nitrogen and oxygen atoms in total. The largest absolute Gasteiger partial charge is 1.00 e. The Morgan fingerprint density at radius 3 is 2.86 bits per heavy atom. The van der Waals surface area contributed by atoms with Crippen molar-refractivity contribution in [3.63, 3.8) is 0 Å². The fourth-order valence-electron chi connectivity index (χ4n) is 0.992. The Bertz CT molecular complexity index is 487. The second kappa shape index (κ2) is 4.74. The van der Waals surface area contributed by atoms with Gasteiger partial charge in [-0.1, -0.05) is 16.8 Å². The molecule has 2 aromatic rings. The Hall–Kier alpha value is 0.0900. The molecule has 0 radical (unpaired) electrons. The van der Waals surface area contributed by atoms with Crippen LogP contribution in [0.25, 0.3) is 11.0 Å². The van der Waals surface area contributed by atoms with Crippen molar-refractivity contribution in [3.8, 4) is 0 Å². The van der Waals surface area contributed by atoms with Gasteiger partial charge in [0.1, 0.15) is 0 Å². The van der Waals surface area contributed by atoms with E-state index >= 15 is 0 Å². The van der Waals surface area contributed by atoms with Crippen LogP contribution in [0.5, 0.6) is 0 Å². The zero-order valence-electron chi connectivity index (χ0n) is 7.19. The van der Waals surface area contributed by atoms with Crippen molar-refractivity contribution in [2.24, 2.45) is 0 Å². The minimum Gasteiger partial charge on any atom is -0.768 e. The zero-order chi connectivity index (χ0) is 9.42. The van der Waals surface area contributed by atoms with Crippen LogP contribution >= 0.6 is 11.6 Å². The van der Waals surface area contributed by atoms with Crippen molar-refractivity contribution < 1.29 is 42.8 Å². The Kier molecular flexibility index (Phi) is 4.12. The molecule has 1 aromatic heterocycles. The first-order valence-electron chi connectivity index (χ1n) is 3.32. The molecule has 0 saturated heterocycles. The van der Waals surface area contributed by atoms with Crippen LogP contribution in [0.2, 0.25) is 5.15 Å². The Morgan fingerprint density at radius 1 is 1.50 bits per heavy atom. The Labute approximate surface area is 109 Å². The number of nitrogens with zero attached hydrogens (tertiary/aromatic N) is 1. The summed E-state index contributed by atoms with van der Waals surface area (Å²) in [4.78, 5) is 0.164. The molecule has 0 N–H and O–H groups in total. The van der Waals surface area contributed by atoms with Gasteiger partial charge in [0.05, 0.1) is 5.39 Å². The van der Waals surface area contributed by atoms with Crippen LogP contribution in [0, 0.1) is 0 Å². The van der Waals surface area contributed by atoms with Crippen LogP contribution in [-0.4, -0.2) is 13.9 Å². The smallest absolute Gasteiger partial charge is 0.768 e. The third kappa shape index (κ3) is 2.18. The van der Waals surface area contributed by atoms with Gasteiger partial charge in [0.25, 0.3) is 0 Å². The van der Waals surface area contributed by atoms with Gasteiger partial charge in [0.15, 0.2) is 10.7 Å². The van der Waals surface area contributed by atoms with Crippen molar-refractivity contribution in [1.29, 1.82) is 0 Å². The number of benzene rings is 1. The van der Waals surface area contributed by atoms with Crippen molar-refractivity contribution in [2.45, 2.75) is 4.90 Å². The fraction of sp³-hybridized carbons (Fsp3) is 0. The topological polar surface area (TPSA) is 66.2 Å². The van der Waals surface area contributed by atoms with Crippen LogP contribution in [0.15, 0.2) is 27.6 Å². The third-order valence-electron chi connectivity index (χ3n) is 1.59. The maximum atomic E-state index is 10.6. The van der Waals surface area contributed by atoms with Crippen LogP contribution in [0.4, 0.5) is 0 Å². The van der Waals surface area contributed by atoms with Gasteiger partial charge in [-0.05, 0) is 29.3 Å². The van der Waals surface area contributed by atoms with Gasteiger partial charge in [-0.2, -0.15) is 0 Å². The zero-order valence-corrected chi connectivity index (χ0v) is 10.8. The van der Waals surface area contributed by atoms with Crippen LogP contribution in [-0.2, 0) is 11.1 Å². The minimum atomic E-state index is -2.26. The Balaban J connectivity index is 0.000000980. The van der Waals surface area contributed by atoms with Gasteiger partial charge < -0.3 is 9.08 Å². The molecule has 0 aliphatic carbocycles. The standard InChI is InChI=1S/C7H4ClNO3S.Na/c8-7-5-3-4(13(10)11)1-2-6(5)12-9-7;/h1-3H,(H,10,11);/q;+1/p-1. The first kappa shape index (κ1) is 12.2. The van der Waals surface area contributed by atoms with E-state index in [-0.39, 0.29) is 39.6 Å². The molecular weight excluding hydrogens is 237 g/mol. The summed E-state index contributed by atoms with van der Waals surface area (Å²) < 4.78 is 26.0. The number of hydrogen-bond acceptors (Lipinski definition) is 4. The van der Waals surface area contributed by atoms with E-state index in [1.165, 1.54) is 18.2 Å². The van der Waals surface area contributed by atoms with Gasteiger partial charge in [-0.15, -0.1) is 0 Å². The van der Waals surface area contributed by atoms with Crippen LogP contribution in [0.3, 0.4) is 0 Å². The summed E-state index contributed by atoms with van der Waals surface area (Å²) in [5.41, 5.74) is 0.471. The molecule has 0 amide bonds. The number of fused-ring (bicyclic) bond motifs is 1. The van der Waals surface area contributed by atoms with E-state index in [2.05, 4.69) is 5.16 Å². The number of aromatic nitrogens is 1. The molecule has 2 rings (SSSR count). The molecule has 7 heteroatoms. The second-order valence-electron chi connectivity index (χ2n) is 2.37.